The van der Waals surface area contributed by atoms with Gasteiger partial charge in [-0.25, -0.2) is 9.97 Å². The minimum atomic E-state index is 0.357. The van der Waals surface area contributed by atoms with Gasteiger partial charge in [0.15, 0.2) is 0 Å². The number of imidazole rings is 1. The highest BCUT2D eigenvalue weighted by atomic mass is 35.5. The number of hydrogen-bond donors (Lipinski definition) is 0. The summed E-state index contributed by atoms with van der Waals surface area (Å²) in [6.07, 6.45) is 5.21. The second-order valence-electron chi connectivity index (χ2n) is 3.69. The molecule has 1 aromatic carbocycles. The molecule has 0 aliphatic carbocycles. The molecule has 0 fully saturated rings. The van der Waals surface area contributed by atoms with Gasteiger partial charge in [0.1, 0.15) is 5.15 Å². The number of fused-ring (bicyclic) bond motifs is 1. The molecule has 3 rings (SSSR count). The van der Waals surface area contributed by atoms with E-state index in [2.05, 4.69) is 9.97 Å². The Bertz CT molecular complexity index is 723. The standard InChI is InChI=1S/C12H6Cl3N3/c13-8-2-1-7-9(18-4-3-16-6-18)5-10(14)17-12(7)11(8)15/h1-6H. The van der Waals surface area contributed by atoms with Crippen molar-refractivity contribution in [2.24, 2.45) is 0 Å². The van der Waals surface area contributed by atoms with Crippen LogP contribution < -0.4 is 0 Å². The number of hydrogen-bond acceptors (Lipinski definition) is 2. The van der Waals surface area contributed by atoms with Crippen LogP contribution in [0.2, 0.25) is 15.2 Å². The van der Waals surface area contributed by atoms with Gasteiger partial charge < -0.3 is 4.57 Å². The Hall–Kier alpha value is -1.29. The van der Waals surface area contributed by atoms with Gasteiger partial charge in [-0.1, -0.05) is 34.8 Å². The highest BCUT2D eigenvalue weighted by molar-refractivity contribution is 6.45. The smallest absolute Gasteiger partial charge is 0.131 e. The highest BCUT2D eigenvalue weighted by Crippen LogP contribution is 2.33. The molecule has 0 unspecified atom stereocenters. The van der Waals surface area contributed by atoms with Crippen LogP contribution in [0.4, 0.5) is 0 Å². The van der Waals surface area contributed by atoms with E-state index in [1.54, 1.807) is 24.7 Å². The summed E-state index contributed by atoms with van der Waals surface area (Å²) in [5.41, 5.74) is 1.45. The first-order valence-electron chi connectivity index (χ1n) is 5.09. The van der Waals surface area contributed by atoms with Gasteiger partial charge in [0.25, 0.3) is 0 Å². The van der Waals surface area contributed by atoms with Crippen molar-refractivity contribution in [3.05, 3.63) is 52.1 Å². The van der Waals surface area contributed by atoms with Crippen LogP contribution in [0.15, 0.2) is 36.9 Å². The number of aromatic nitrogens is 3. The molecular formula is C12H6Cl3N3. The normalized spacial score (nSPS) is 11.1. The summed E-state index contributed by atoms with van der Waals surface area (Å²) in [6.45, 7) is 0. The van der Waals surface area contributed by atoms with Crippen molar-refractivity contribution < 1.29 is 0 Å². The summed E-state index contributed by atoms with van der Waals surface area (Å²) in [6, 6.07) is 5.36. The van der Waals surface area contributed by atoms with E-state index in [1.807, 2.05) is 16.8 Å². The molecule has 3 aromatic rings. The minimum Gasteiger partial charge on any atom is -0.306 e. The zero-order chi connectivity index (χ0) is 12.7. The lowest BCUT2D eigenvalue weighted by molar-refractivity contribution is 1.06. The lowest BCUT2D eigenvalue weighted by Crippen LogP contribution is -1.94. The Morgan fingerprint density at radius 2 is 1.94 bits per heavy atom. The van der Waals surface area contributed by atoms with E-state index < -0.39 is 0 Å². The van der Waals surface area contributed by atoms with Gasteiger partial charge in [-0.05, 0) is 12.1 Å². The van der Waals surface area contributed by atoms with E-state index in [1.165, 1.54) is 0 Å². The molecule has 0 radical (unpaired) electrons. The van der Waals surface area contributed by atoms with Gasteiger partial charge in [0.2, 0.25) is 0 Å². The quantitative estimate of drug-likeness (QED) is 0.624. The van der Waals surface area contributed by atoms with Crippen LogP contribution in [0.5, 0.6) is 0 Å². The zero-order valence-electron chi connectivity index (χ0n) is 8.94. The van der Waals surface area contributed by atoms with Gasteiger partial charge in [-0.3, -0.25) is 0 Å². The van der Waals surface area contributed by atoms with E-state index in [4.69, 9.17) is 34.8 Å². The van der Waals surface area contributed by atoms with Gasteiger partial charge in [0.05, 0.1) is 27.6 Å². The lowest BCUT2D eigenvalue weighted by atomic mass is 10.2. The van der Waals surface area contributed by atoms with Crippen molar-refractivity contribution >= 4 is 45.7 Å². The van der Waals surface area contributed by atoms with Crippen LogP contribution in [0.25, 0.3) is 16.6 Å². The maximum Gasteiger partial charge on any atom is 0.131 e. The summed E-state index contributed by atoms with van der Waals surface area (Å²) >= 11 is 18.2. The van der Waals surface area contributed by atoms with E-state index >= 15 is 0 Å². The van der Waals surface area contributed by atoms with Crippen molar-refractivity contribution in [3.8, 4) is 5.69 Å². The molecule has 0 bridgehead atoms. The summed E-state index contributed by atoms with van der Waals surface area (Å²) in [5.74, 6) is 0. The van der Waals surface area contributed by atoms with Crippen molar-refractivity contribution in [1.29, 1.82) is 0 Å². The fraction of sp³-hybridized carbons (Fsp3) is 0. The zero-order valence-corrected chi connectivity index (χ0v) is 11.2. The average Bonchev–Trinajstić information content (AvgIpc) is 2.87. The van der Waals surface area contributed by atoms with Gasteiger partial charge in [-0.15, -0.1) is 0 Å². The molecule has 0 N–H and O–H groups in total. The largest absolute Gasteiger partial charge is 0.306 e. The monoisotopic (exact) mass is 297 g/mol. The Morgan fingerprint density at radius 3 is 2.67 bits per heavy atom. The Kier molecular flexibility index (Phi) is 2.90. The first-order chi connectivity index (χ1) is 8.66. The average molecular weight is 299 g/mol. The summed E-state index contributed by atoms with van der Waals surface area (Å²) in [7, 11) is 0. The molecule has 0 aliphatic rings. The second kappa shape index (κ2) is 4.43. The molecule has 0 saturated heterocycles. The number of nitrogens with zero attached hydrogens (tertiary/aromatic N) is 3. The topological polar surface area (TPSA) is 30.7 Å². The number of benzene rings is 1. The van der Waals surface area contributed by atoms with E-state index in [-0.39, 0.29) is 0 Å². The second-order valence-corrected chi connectivity index (χ2v) is 4.86. The molecule has 0 aliphatic heterocycles. The van der Waals surface area contributed by atoms with Crippen LogP contribution in [-0.2, 0) is 0 Å². The number of halogens is 3. The van der Waals surface area contributed by atoms with Crippen molar-refractivity contribution in [3.63, 3.8) is 0 Å². The summed E-state index contributed by atoms with van der Waals surface area (Å²) in [4.78, 5) is 8.24. The Morgan fingerprint density at radius 1 is 1.11 bits per heavy atom. The SMILES string of the molecule is Clc1cc(-n2ccnc2)c2ccc(Cl)c(Cl)c2n1. The lowest BCUT2D eigenvalue weighted by Gasteiger charge is -2.09. The minimum absolute atomic E-state index is 0.357. The fourth-order valence-electron chi connectivity index (χ4n) is 1.80. The summed E-state index contributed by atoms with van der Waals surface area (Å²) < 4.78 is 1.85. The molecule has 0 atom stereocenters. The van der Waals surface area contributed by atoms with Crippen LogP contribution in [-0.4, -0.2) is 14.5 Å². The van der Waals surface area contributed by atoms with Crippen LogP contribution in [0.3, 0.4) is 0 Å². The third-order valence-corrected chi connectivity index (χ3v) is 3.59. The molecule has 90 valence electrons. The third-order valence-electron chi connectivity index (χ3n) is 2.60. The van der Waals surface area contributed by atoms with E-state index in [9.17, 15) is 0 Å². The highest BCUT2D eigenvalue weighted by Gasteiger charge is 2.11. The molecule has 18 heavy (non-hydrogen) atoms. The predicted molar refractivity (Wildman–Crippen MR) is 73.9 cm³/mol. The van der Waals surface area contributed by atoms with E-state index in [0.29, 0.717) is 20.7 Å². The summed E-state index contributed by atoms with van der Waals surface area (Å²) in [5, 5.41) is 2.08. The van der Waals surface area contributed by atoms with Crippen molar-refractivity contribution in [1.82, 2.24) is 14.5 Å². The molecule has 3 nitrogen and oxygen atoms in total. The first-order valence-corrected chi connectivity index (χ1v) is 6.23. The first kappa shape index (κ1) is 11.8. The Balaban J connectivity index is 2.43. The number of rotatable bonds is 1. The van der Waals surface area contributed by atoms with Crippen LogP contribution in [0.1, 0.15) is 0 Å². The third kappa shape index (κ3) is 1.85. The van der Waals surface area contributed by atoms with Crippen LogP contribution >= 0.6 is 34.8 Å². The molecule has 6 heteroatoms. The van der Waals surface area contributed by atoms with Crippen molar-refractivity contribution in [2.75, 3.05) is 0 Å². The fourth-order valence-corrected chi connectivity index (χ4v) is 2.35. The molecule has 0 saturated carbocycles. The maximum absolute atomic E-state index is 6.15. The molecule has 0 amide bonds. The maximum atomic E-state index is 6.15. The Labute approximate surface area is 118 Å². The van der Waals surface area contributed by atoms with Gasteiger partial charge >= 0.3 is 0 Å². The molecule has 2 aromatic heterocycles. The van der Waals surface area contributed by atoms with Gasteiger partial charge in [0, 0.05) is 23.8 Å². The number of pyridine rings is 1. The molecule has 2 heterocycles. The molecule has 0 spiro atoms. The van der Waals surface area contributed by atoms with Gasteiger partial charge in [-0.2, -0.15) is 0 Å². The van der Waals surface area contributed by atoms with Crippen molar-refractivity contribution in [2.45, 2.75) is 0 Å². The van der Waals surface area contributed by atoms with Crippen LogP contribution in [0, 0.1) is 0 Å². The predicted octanol–water partition coefficient (Wildman–Crippen LogP) is 4.38. The molecular weight excluding hydrogens is 293 g/mol. The van der Waals surface area contributed by atoms with E-state index in [0.717, 1.165) is 11.1 Å².